The molecular weight excluding hydrogens is 124 g/mol. The first-order valence-electron chi connectivity index (χ1n) is 4.16. The van der Waals surface area contributed by atoms with Gasteiger partial charge >= 0.3 is 0 Å². The average molecular weight is 142 g/mol. The van der Waals surface area contributed by atoms with Crippen molar-refractivity contribution in [3.63, 3.8) is 0 Å². The Kier molecular flexibility index (Phi) is 5.27. The zero-order valence-electron chi connectivity index (χ0n) is 7.31. The van der Waals surface area contributed by atoms with Gasteiger partial charge in [0.15, 0.2) is 0 Å². The Morgan fingerprint density at radius 3 is 2.50 bits per heavy atom. The molecule has 0 saturated carbocycles. The normalized spacial score (nSPS) is 13.1. The third kappa shape index (κ3) is 5.80. The molecule has 0 unspecified atom stereocenters. The summed E-state index contributed by atoms with van der Waals surface area (Å²) in [6.07, 6.45) is 4.47. The van der Waals surface area contributed by atoms with Gasteiger partial charge in [-0.25, -0.2) is 0 Å². The van der Waals surface area contributed by atoms with Crippen molar-refractivity contribution >= 4 is 5.78 Å². The number of unbranched alkanes of at least 4 members (excludes halogenated alkanes) is 1. The highest BCUT2D eigenvalue weighted by atomic mass is 16.1. The molecule has 10 heavy (non-hydrogen) atoms. The van der Waals surface area contributed by atoms with Crippen molar-refractivity contribution in [1.82, 2.24) is 0 Å². The van der Waals surface area contributed by atoms with Gasteiger partial charge in [0.2, 0.25) is 0 Å². The number of Topliss-reactive ketones (excluding diaryl/α,β-unsaturated/α-hetero) is 1. The predicted molar refractivity (Wildman–Crippen MR) is 44.0 cm³/mol. The fraction of sp³-hybridized carbons (Fsp3) is 0.889. The molecule has 0 aromatic heterocycles. The van der Waals surface area contributed by atoms with Crippen molar-refractivity contribution in [2.24, 2.45) is 5.92 Å². The number of ketones is 1. The van der Waals surface area contributed by atoms with Crippen molar-refractivity contribution in [2.75, 3.05) is 0 Å². The van der Waals surface area contributed by atoms with Crippen LogP contribution in [0.15, 0.2) is 0 Å². The summed E-state index contributed by atoms with van der Waals surface area (Å²) in [6, 6.07) is 0. The summed E-state index contributed by atoms with van der Waals surface area (Å²) in [5, 5.41) is 0. The molecule has 0 fully saturated rings. The summed E-state index contributed by atoms with van der Waals surface area (Å²) in [5.74, 6) is 0.918. The number of rotatable bonds is 5. The van der Waals surface area contributed by atoms with Crippen molar-refractivity contribution in [3.05, 3.63) is 0 Å². The van der Waals surface area contributed by atoms with E-state index in [-0.39, 0.29) is 0 Å². The Hall–Kier alpha value is -0.330. The molecular formula is C9H18O. The van der Waals surface area contributed by atoms with E-state index in [0.717, 1.165) is 6.42 Å². The molecule has 0 radical (unpaired) electrons. The Morgan fingerprint density at radius 2 is 2.10 bits per heavy atom. The second kappa shape index (κ2) is 5.45. The Morgan fingerprint density at radius 1 is 1.50 bits per heavy atom. The molecule has 1 nitrogen and oxygen atoms in total. The molecule has 0 aliphatic heterocycles. The van der Waals surface area contributed by atoms with Crippen molar-refractivity contribution in [3.8, 4) is 0 Å². The fourth-order valence-corrected chi connectivity index (χ4v) is 1.15. The van der Waals surface area contributed by atoms with Crippen molar-refractivity contribution < 1.29 is 4.79 Å². The summed E-state index contributed by atoms with van der Waals surface area (Å²) in [6.45, 7) is 6.00. The molecule has 0 N–H and O–H groups in total. The minimum atomic E-state index is 0.323. The Balaban J connectivity index is 3.25. The smallest absolute Gasteiger partial charge is 0.130 e. The molecule has 0 aromatic rings. The second-order valence-electron chi connectivity index (χ2n) is 3.15. The van der Waals surface area contributed by atoms with Gasteiger partial charge in [0.1, 0.15) is 5.78 Å². The van der Waals surface area contributed by atoms with E-state index in [1.165, 1.54) is 19.3 Å². The maximum Gasteiger partial charge on any atom is 0.130 e. The quantitative estimate of drug-likeness (QED) is 0.577. The highest BCUT2D eigenvalue weighted by Gasteiger charge is 2.03. The molecule has 0 aliphatic rings. The molecule has 1 heteroatoms. The largest absolute Gasteiger partial charge is 0.300 e. The molecule has 0 aliphatic carbocycles. The predicted octanol–water partition coefficient (Wildman–Crippen LogP) is 2.79. The van der Waals surface area contributed by atoms with Crippen LogP contribution in [0.1, 0.15) is 46.5 Å². The van der Waals surface area contributed by atoms with Crippen LogP contribution in [0.25, 0.3) is 0 Å². The molecule has 0 heterocycles. The van der Waals surface area contributed by atoms with Gasteiger partial charge in [-0.3, -0.25) is 0 Å². The molecule has 0 amide bonds. The van der Waals surface area contributed by atoms with Crippen LogP contribution in [0.4, 0.5) is 0 Å². The first-order valence-corrected chi connectivity index (χ1v) is 4.16. The number of hydrogen-bond donors (Lipinski definition) is 0. The molecule has 60 valence electrons. The summed E-state index contributed by atoms with van der Waals surface area (Å²) < 4.78 is 0. The maximum atomic E-state index is 10.6. The van der Waals surface area contributed by atoms with Crippen LogP contribution in [-0.2, 0) is 4.79 Å². The SMILES string of the molecule is CCCC[C@@H](C)CC(C)=O. The van der Waals surface area contributed by atoms with Crippen LogP contribution in [0, 0.1) is 5.92 Å². The lowest BCUT2D eigenvalue weighted by Crippen LogP contribution is -2.00. The lowest BCUT2D eigenvalue weighted by molar-refractivity contribution is -0.117. The zero-order valence-corrected chi connectivity index (χ0v) is 7.31. The van der Waals surface area contributed by atoms with E-state index >= 15 is 0 Å². The summed E-state index contributed by atoms with van der Waals surface area (Å²) >= 11 is 0. The summed E-state index contributed by atoms with van der Waals surface area (Å²) in [7, 11) is 0. The van der Waals surface area contributed by atoms with Crippen LogP contribution in [0.5, 0.6) is 0 Å². The van der Waals surface area contributed by atoms with Gasteiger partial charge in [0, 0.05) is 6.42 Å². The first-order chi connectivity index (χ1) is 4.66. The highest BCUT2D eigenvalue weighted by molar-refractivity contribution is 5.75. The lowest BCUT2D eigenvalue weighted by atomic mass is 9.99. The van der Waals surface area contributed by atoms with Gasteiger partial charge < -0.3 is 4.79 Å². The van der Waals surface area contributed by atoms with E-state index < -0.39 is 0 Å². The second-order valence-corrected chi connectivity index (χ2v) is 3.15. The van der Waals surface area contributed by atoms with E-state index in [1.807, 2.05) is 0 Å². The molecule has 0 saturated heterocycles. The minimum Gasteiger partial charge on any atom is -0.300 e. The van der Waals surface area contributed by atoms with Gasteiger partial charge in [-0.1, -0.05) is 33.1 Å². The first kappa shape index (κ1) is 9.67. The van der Waals surface area contributed by atoms with Gasteiger partial charge in [0.05, 0.1) is 0 Å². The minimum absolute atomic E-state index is 0.323. The van der Waals surface area contributed by atoms with E-state index in [0.29, 0.717) is 11.7 Å². The van der Waals surface area contributed by atoms with Gasteiger partial charge in [-0.15, -0.1) is 0 Å². The molecule has 0 aromatic carbocycles. The molecule has 0 spiro atoms. The van der Waals surface area contributed by atoms with E-state index in [9.17, 15) is 4.79 Å². The van der Waals surface area contributed by atoms with Crippen LogP contribution >= 0.6 is 0 Å². The van der Waals surface area contributed by atoms with E-state index in [2.05, 4.69) is 13.8 Å². The number of carbonyl (C=O) groups is 1. The monoisotopic (exact) mass is 142 g/mol. The van der Waals surface area contributed by atoms with Crippen LogP contribution < -0.4 is 0 Å². The Labute approximate surface area is 63.8 Å². The summed E-state index contributed by atoms with van der Waals surface area (Å²) in [5.41, 5.74) is 0. The molecule has 1 atom stereocenters. The topological polar surface area (TPSA) is 17.1 Å². The van der Waals surface area contributed by atoms with Crippen LogP contribution in [0.3, 0.4) is 0 Å². The Bertz CT molecular complexity index is 96.9. The van der Waals surface area contributed by atoms with E-state index in [1.54, 1.807) is 6.92 Å². The van der Waals surface area contributed by atoms with E-state index in [4.69, 9.17) is 0 Å². The van der Waals surface area contributed by atoms with Crippen molar-refractivity contribution in [2.45, 2.75) is 46.5 Å². The molecule has 0 bridgehead atoms. The highest BCUT2D eigenvalue weighted by Crippen LogP contribution is 2.11. The third-order valence-corrected chi connectivity index (χ3v) is 1.69. The average Bonchev–Trinajstić information content (AvgIpc) is 1.82. The maximum absolute atomic E-state index is 10.6. The third-order valence-electron chi connectivity index (χ3n) is 1.69. The van der Waals surface area contributed by atoms with Gasteiger partial charge in [-0.2, -0.15) is 0 Å². The van der Waals surface area contributed by atoms with Crippen LogP contribution in [0.2, 0.25) is 0 Å². The van der Waals surface area contributed by atoms with Crippen LogP contribution in [-0.4, -0.2) is 5.78 Å². The van der Waals surface area contributed by atoms with Gasteiger partial charge in [0.25, 0.3) is 0 Å². The van der Waals surface area contributed by atoms with Crippen molar-refractivity contribution in [1.29, 1.82) is 0 Å². The number of carbonyl (C=O) groups excluding carboxylic acids is 1. The standard InChI is InChI=1S/C9H18O/c1-4-5-6-8(2)7-9(3)10/h8H,4-7H2,1-3H3/t8-/m1/s1. The van der Waals surface area contributed by atoms with Gasteiger partial charge in [-0.05, 0) is 12.8 Å². The molecule has 0 rings (SSSR count). The lowest BCUT2D eigenvalue weighted by Gasteiger charge is -2.06. The number of hydrogen-bond acceptors (Lipinski definition) is 1. The fourth-order valence-electron chi connectivity index (χ4n) is 1.15. The summed E-state index contributed by atoms with van der Waals surface area (Å²) in [4.78, 5) is 10.6. The zero-order chi connectivity index (χ0) is 7.98.